The van der Waals surface area contributed by atoms with Crippen LogP contribution in [0.2, 0.25) is 0 Å². The third kappa shape index (κ3) is 2.66. The number of aryl methyl sites for hydroxylation is 1. The maximum atomic E-state index is 6.65. The molecule has 0 amide bonds. The predicted molar refractivity (Wildman–Crippen MR) is 103 cm³/mol. The molecule has 0 radical (unpaired) electrons. The Bertz CT molecular complexity index is 780. The van der Waals surface area contributed by atoms with Gasteiger partial charge in [-0.25, -0.2) is 0 Å². The van der Waals surface area contributed by atoms with E-state index in [1.165, 1.54) is 17.5 Å². The van der Waals surface area contributed by atoms with Gasteiger partial charge in [0.2, 0.25) is 0 Å². The predicted octanol–water partition coefficient (Wildman–Crippen LogP) is 4.17. The van der Waals surface area contributed by atoms with E-state index in [-0.39, 0.29) is 13.1 Å². The monoisotopic (exact) mass is 530 g/mol. The summed E-state index contributed by atoms with van der Waals surface area (Å²) in [6, 6.07) is 15.9. The van der Waals surface area contributed by atoms with E-state index < -0.39 is 24.5 Å². The van der Waals surface area contributed by atoms with Crippen molar-refractivity contribution < 1.29 is 4.74 Å². The molecule has 2 heterocycles. The molecule has 0 bridgehead atoms. The van der Waals surface area contributed by atoms with Gasteiger partial charge in [-0.2, -0.15) is 0 Å². The molecule has 0 aromatic heterocycles. The van der Waals surface area contributed by atoms with Crippen LogP contribution in [0.4, 0.5) is 0 Å². The molecule has 3 atom stereocenters. The number of hydrogen-bond donors (Lipinski definition) is 0. The van der Waals surface area contributed by atoms with E-state index >= 15 is 0 Å². The van der Waals surface area contributed by atoms with E-state index in [4.69, 9.17) is 4.74 Å². The Morgan fingerprint density at radius 1 is 1.29 bits per heavy atom. The fraction of sp³-hybridized carbons (Fsp3) is 0.400. The Labute approximate surface area is 159 Å². The van der Waals surface area contributed by atoms with Gasteiger partial charge < -0.3 is 0 Å². The van der Waals surface area contributed by atoms with Crippen LogP contribution in [0.5, 0.6) is 5.75 Å². The summed E-state index contributed by atoms with van der Waals surface area (Å²) >= 11 is -1.18. The summed E-state index contributed by atoms with van der Waals surface area (Å²) in [6.07, 6.45) is 1.18. The summed E-state index contributed by atoms with van der Waals surface area (Å²) in [5.41, 5.74) is 4.35. The van der Waals surface area contributed by atoms with Crippen LogP contribution in [0.1, 0.15) is 37.0 Å². The summed E-state index contributed by atoms with van der Waals surface area (Å²) < 4.78 is 9.76. The Kier molecular flexibility index (Phi) is 4.51. The zero-order chi connectivity index (χ0) is 16.9. The van der Waals surface area contributed by atoms with Crippen LogP contribution < -0.4 is 10.0 Å². The molecule has 0 aliphatic carbocycles. The molecular weight excluding hydrogens is 506 g/mol. The van der Waals surface area contributed by atoms with Crippen molar-refractivity contribution in [2.24, 2.45) is 0 Å². The van der Waals surface area contributed by atoms with Crippen molar-refractivity contribution in [2.75, 3.05) is 7.05 Å². The molecule has 123 valence electrons. The Balaban J connectivity index is 1.94. The SMILES string of the molecule is CCC1(C)c2ccccc2O[C@@H]2[Tl][N](C)Cc3cc(C)ccc3P21. The van der Waals surface area contributed by atoms with Crippen molar-refractivity contribution >= 4 is 37.8 Å². The third-order valence-corrected chi connectivity index (χ3v) is 17.5. The third-order valence-electron chi connectivity index (χ3n) is 5.49. The molecule has 2 nitrogen and oxygen atoms in total. The average molecular weight is 530 g/mol. The Hall–Kier alpha value is -0.448. The van der Waals surface area contributed by atoms with Gasteiger partial charge in [-0.15, -0.1) is 0 Å². The standard InChI is InChI=1S/C20H24NOP.Tl/c1-5-20(3)17-8-6-7-9-18(17)22-14-23(20)19-11-10-15(2)12-16(19)13-21-4;/h6-12,14H,5,13H2,1-4H3;/q-1;+1. The minimum atomic E-state index is -1.18. The minimum absolute atomic E-state index is 0.223. The number of rotatable bonds is 1. The normalized spacial score (nSPS) is 28.3. The molecule has 2 aromatic carbocycles. The van der Waals surface area contributed by atoms with Crippen molar-refractivity contribution in [2.45, 2.75) is 42.3 Å². The van der Waals surface area contributed by atoms with Gasteiger partial charge in [-0.1, -0.05) is 0 Å². The molecule has 4 heteroatoms. The van der Waals surface area contributed by atoms with E-state index in [0.717, 1.165) is 12.3 Å². The van der Waals surface area contributed by atoms with Crippen LogP contribution in [-0.2, 0) is 11.7 Å². The van der Waals surface area contributed by atoms with Crippen LogP contribution in [0, 0.1) is 6.92 Å². The summed E-state index contributed by atoms with van der Waals surface area (Å²) in [7, 11) is 1.98. The van der Waals surface area contributed by atoms with E-state index in [0.29, 0.717) is 3.40 Å². The Morgan fingerprint density at radius 2 is 2.08 bits per heavy atom. The van der Waals surface area contributed by atoms with Crippen LogP contribution >= 0.6 is 7.92 Å². The molecule has 0 saturated heterocycles. The molecule has 2 aliphatic rings. The summed E-state index contributed by atoms with van der Waals surface area (Å²) in [5.74, 6) is 1.14. The van der Waals surface area contributed by atoms with Crippen molar-refractivity contribution in [3.05, 3.63) is 59.2 Å². The fourth-order valence-electron chi connectivity index (χ4n) is 4.08. The van der Waals surface area contributed by atoms with Crippen molar-refractivity contribution in [1.82, 2.24) is 2.71 Å². The summed E-state index contributed by atoms with van der Waals surface area (Å²) in [4.78, 5) is 0. The molecule has 2 aliphatic heterocycles. The van der Waals surface area contributed by atoms with Crippen molar-refractivity contribution in [1.29, 1.82) is 0 Å². The molecule has 24 heavy (non-hydrogen) atoms. The van der Waals surface area contributed by atoms with Gasteiger partial charge in [-0.3, -0.25) is 0 Å². The molecule has 0 spiro atoms. The quantitative estimate of drug-likeness (QED) is 0.406. The number of hydrogen-bond acceptors (Lipinski definition) is 2. The van der Waals surface area contributed by atoms with E-state index in [1.54, 1.807) is 10.9 Å². The molecule has 2 aromatic rings. The topological polar surface area (TPSA) is 12.5 Å². The first-order valence-electron chi connectivity index (χ1n) is 8.73. The van der Waals surface area contributed by atoms with E-state index in [9.17, 15) is 0 Å². The maximum absolute atomic E-state index is 6.65. The number of para-hydroxylation sites is 1. The first-order chi connectivity index (χ1) is 11.5. The molecule has 0 N–H and O–H groups in total. The average Bonchev–Trinajstić information content (AvgIpc) is 2.70. The van der Waals surface area contributed by atoms with Crippen molar-refractivity contribution in [3.63, 3.8) is 0 Å². The van der Waals surface area contributed by atoms with Gasteiger partial charge in [-0.05, 0) is 0 Å². The molecule has 0 fully saturated rings. The summed E-state index contributed by atoms with van der Waals surface area (Å²) in [5, 5.41) is 1.82. The van der Waals surface area contributed by atoms with Crippen LogP contribution in [0.3, 0.4) is 0 Å². The van der Waals surface area contributed by atoms with Gasteiger partial charge in [0, 0.05) is 0 Å². The zero-order valence-electron chi connectivity index (χ0n) is 14.9. The van der Waals surface area contributed by atoms with Crippen molar-refractivity contribution in [3.8, 4) is 5.75 Å². The van der Waals surface area contributed by atoms with Gasteiger partial charge >= 0.3 is 159 Å². The van der Waals surface area contributed by atoms with Gasteiger partial charge in [0.1, 0.15) is 0 Å². The van der Waals surface area contributed by atoms with E-state index in [1.807, 2.05) is 0 Å². The summed E-state index contributed by atoms with van der Waals surface area (Å²) in [6.45, 7) is 8.18. The van der Waals surface area contributed by atoms with Gasteiger partial charge in [0.05, 0.1) is 0 Å². The van der Waals surface area contributed by atoms with Gasteiger partial charge in [0.15, 0.2) is 0 Å². The van der Waals surface area contributed by atoms with Crippen LogP contribution in [0.25, 0.3) is 0 Å². The number of nitrogens with zero attached hydrogens (tertiary/aromatic N) is 1. The van der Waals surface area contributed by atoms with E-state index in [2.05, 4.69) is 73.0 Å². The molecule has 4 rings (SSSR count). The second kappa shape index (κ2) is 6.37. The number of ether oxygens (including phenoxy) is 1. The zero-order valence-corrected chi connectivity index (χ0v) is 20.3. The first kappa shape index (κ1) is 17.0. The van der Waals surface area contributed by atoms with Crippen LogP contribution in [0.15, 0.2) is 42.5 Å². The molecule has 2 unspecified atom stereocenters. The first-order valence-corrected chi connectivity index (χ1v) is 14.7. The number of fused-ring (bicyclic) bond motifs is 4. The number of benzene rings is 2. The van der Waals surface area contributed by atoms with Crippen LogP contribution in [-0.4, -0.2) is 37.7 Å². The molecular formula is C20H24NOPTl. The van der Waals surface area contributed by atoms with Gasteiger partial charge in [0.25, 0.3) is 0 Å². The second-order valence-corrected chi connectivity index (χ2v) is 19.0. The fourth-order valence-corrected chi connectivity index (χ4v) is 20.2. The molecule has 0 saturated carbocycles. The second-order valence-electron chi connectivity index (χ2n) is 7.20. The Morgan fingerprint density at radius 3 is 2.88 bits per heavy atom.